The van der Waals surface area contributed by atoms with E-state index in [0.717, 1.165) is 13.1 Å². The Kier molecular flexibility index (Phi) is 5.68. The van der Waals surface area contributed by atoms with Crippen LogP contribution in [0.5, 0.6) is 0 Å². The maximum absolute atomic E-state index is 13.7. The molecule has 0 aliphatic rings. The lowest BCUT2D eigenvalue weighted by molar-refractivity contribution is 0.622. The highest BCUT2D eigenvalue weighted by Crippen LogP contribution is 2.26. The van der Waals surface area contributed by atoms with Gasteiger partial charge in [0.1, 0.15) is 17.5 Å². The van der Waals surface area contributed by atoms with Gasteiger partial charge < -0.3 is 10.6 Å². The number of hydrogen-bond acceptors (Lipinski definition) is 6. The second-order valence-electron chi connectivity index (χ2n) is 5.44. The summed E-state index contributed by atoms with van der Waals surface area (Å²) in [6.07, 6.45) is 2.39. The number of allylic oxidation sites excluding steroid dienone is 3. The minimum Gasteiger partial charge on any atom is -0.352 e. The minimum absolute atomic E-state index is 0.0273. The van der Waals surface area contributed by atoms with Crippen molar-refractivity contribution in [1.29, 1.82) is 0 Å². The molecule has 2 N–H and O–H groups in total. The average molecular weight is 350 g/mol. The standard InChI is InChI=1S/C16H17F3N6/c1-8(2)21-15-23-14(13(9(3)17)10(4)18)24-16(25-15)22-12-5-11(19)6-20-7-12/h5-8H,3H2,1-2,4H3,(H2,21,22,23,24,25). The van der Waals surface area contributed by atoms with Crippen molar-refractivity contribution in [2.45, 2.75) is 26.8 Å². The molecule has 2 aromatic rings. The monoisotopic (exact) mass is 350 g/mol. The van der Waals surface area contributed by atoms with Crippen molar-refractivity contribution in [2.75, 3.05) is 10.6 Å². The van der Waals surface area contributed by atoms with Gasteiger partial charge in [0.15, 0.2) is 5.82 Å². The van der Waals surface area contributed by atoms with Crippen LogP contribution in [-0.4, -0.2) is 26.0 Å². The van der Waals surface area contributed by atoms with Gasteiger partial charge in [-0.1, -0.05) is 6.58 Å². The number of pyridine rings is 1. The van der Waals surface area contributed by atoms with Crippen LogP contribution in [0, 0.1) is 5.82 Å². The van der Waals surface area contributed by atoms with Gasteiger partial charge in [0, 0.05) is 12.1 Å². The van der Waals surface area contributed by atoms with E-state index in [1.54, 1.807) is 0 Å². The predicted octanol–water partition coefficient (Wildman–Crippen LogP) is 4.15. The van der Waals surface area contributed by atoms with E-state index < -0.39 is 23.0 Å². The Morgan fingerprint density at radius 2 is 1.80 bits per heavy atom. The maximum Gasteiger partial charge on any atom is 0.232 e. The largest absolute Gasteiger partial charge is 0.352 e. The quantitative estimate of drug-likeness (QED) is 0.762. The Labute approximate surface area is 143 Å². The Morgan fingerprint density at radius 3 is 2.36 bits per heavy atom. The topological polar surface area (TPSA) is 75.6 Å². The lowest BCUT2D eigenvalue weighted by Crippen LogP contribution is -2.15. The fourth-order valence-corrected chi connectivity index (χ4v) is 1.94. The number of anilines is 3. The second kappa shape index (κ2) is 7.73. The summed E-state index contributed by atoms with van der Waals surface area (Å²) >= 11 is 0. The van der Waals surface area contributed by atoms with Crippen molar-refractivity contribution in [2.24, 2.45) is 0 Å². The molecule has 0 aliphatic heterocycles. The zero-order valence-corrected chi connectivity index (χ0v) is 13.9. The van der Waals surface area contributed by atoms with Crippen molar-refractivity contribution in [3.63, 3.8) is 0 Å². The van der Waals surface area contributed by atoms with Gasteiger partial charge in [0.2, 0.25) is 11.9 Å². The Morgan fingerprint density at radius 1 is 1.12 bits per heavy atom. The molecule has 25 heavy (non-hydrogen) atoms. The van der Waals surface area contributed by atoms with Crippen LogP contribution >= 0.6 is 0 Å². The second-order valence-corrected chi connectivity index (χ2v) is 5.44. The smallest absolute Gasteiger partial charge is 0.232 e. The van der Waals surface area contributed by atoms with Crippen LogP contribution in [-0.2, 0) is 0 Å². The molecule has 0 spiro atoms. The molecule has 9 heteroatoms. The summed E-state index contributed by atoms with van der Waals surface area (Å²) in [5.74, 6) is -2.56. The van der Waals surface area contributed by atoms with Gasteiger partial charge in [-0.15, -0.1) is 0 Å². The zero-order valence-electron chi connectivity index (χ0n) is 13.9. The van der Waals surface area contributed by atoms with E-state index in [1.165, 1.54) is 12.3 Å². The summed E-state index contributed by atoms with van der Waals surface area (Å²) in [6, 6.07) is 1.14. The van der Waals surface area contributed by atoms with E-state index in [4.69, 9.17) is 0 Å². The molecule has 0 fully saturated rings. The Bertz CT molecular complexity index is 815. The van der Waals surface area contributed by atoms with Crippen molar-refractivity contribution >= 4 is 23.2 Å². The van der Waals surface area contributed by atoms with Crippen LogP contribution < -0.4 is 10.6 Å². The maximum atomic E-state index is 13.7. The number of aromatic nitrogens is 4. The highest BCUT2D eigenvalue weighted by atomic mass is 19.1. The van der Waals surface area contributed by atoms with E-state index in [0.29, 0.717) is 0 Å². The lowest BCUT2D eigenvalue weighted by Gasteiger charge is -2.13. The van der Waals surface area contributed by atoms with Gasteiger partial charge in [-0.25, -0.2) is 13.2 Å². The first kappa shape index (κ1) is 18.4. The van der Waals surface area contributed by atoms with Crippen LogP contribution in [0.3, 0.4) is 0 Å². The Hall–Kier alpha value is -2.97. The fourth-order valence-electron chi connectivity index (χ4n) is 1.94. The summed E-state index contributed by atoms with van der Waals surface area (Å²) in [7, 11) is 0. The molecule has 6 nitrogen and oxygen atoms in total. The van der Waals surface area contributed by atoms with Crippen LogP contribution in [0.1, 0.15) is 26.6 Å². The molecule has 0 saturated carbocycles. The molecule has 0 saturated heterocycles. The normalized spacial score (nSPS) is 12.0. The number of hydrogen-bond donors (Lipinski definition) is 2. The van der Waals surface area contributed by atoms with Crippen molar-refractivity contribution < 1.29 is 13.2 Å². The molecule has 0 aromatic carbocycles. The molecular formula is C16H17F3N6. The van der Waals surface area contributed by atoms with Crippen LogP contribution in [0.25, 0.3) is 5.57 Å². The average Bonchev–Trinajstić information content (AvgIpc) is 2.45. The first-order valence-electron chi connectivity index (χ1n) is 7.38. The zero-order chi connectivity index (χ0) is 18.6. The number of nitrogens with one attached hydrogen (secondary N) is 2. The van der Waals surface area contributed by atoms with E-state index in [-0.39, 0.29) is 29.5 Å². The third-order valence-corrected chi connectivity index (χ3v) is 2.85. The lowest BCUT2D eigenvalue weighted by atomic mass is 10.2. The number of nitrogens with zero attached hydrogens (tertiary/aromatic N) is 4. The summed E-state index contributed by atoms with van der Waals surface area (Å²) in [5, 5.41) is 5.66. The fraction of sp³-hybridized carbons (Fsp3) is 0.250. The molecule has 2 rings (SSSR count). The SMILES string of the molecule is C=C(F)C(=C(C)F)c1nc(Nc2cncc(F)c2)nc(NC(C)C)n1. The summed E-state index contributed by atoms with van der Waals surface area (Å²) in [4.78, 5) is 15.8. The van der Waals surface area contributed by atoms with Gasteiger partial charge in [-0.05, 0) is 20.8 Å². The molecule has 0 aliphatic carbocycles. The van der Waals surface area contributed by atoms with Crippen LogP contribution in [0.15, 0.2) is 36.7 Å². The van der Waals surface area contributed by atoms with E-state index in [1.807, 2.05) is 13.8 Å². The number of rotatable bonds is 6. The summed E-state index contributed by atoms with van der Waals surface area (Å²) < 4.78 is 40.6. The highest BCUT2D eigenvalue weighted by Gasteiger charge is 2.17. The van der Waals surface area contributed by atoms with Crippen LogP contribution in [0.4, 0.5) is 30.8 Å². The van der Waals surface area contributed by atoms with Crippen LogP contribution in [0.2, 0.25) is 0 Å². The van der Waals surface area contributed by atoms with Crippen molar-refractivity contribution in [3.8, 4) is 0 Å². The van der Waals surface area contributed by atoms with E-state index in [9.17, 15) is 13.2 Å². The molecular weight excluding hydrogens is 333 g/mol. The number of halogens is 3. The van der Waals surface area contributed by atoms with E-state index in [2.05, 4.69) is 37.1 Å². The molecule has 0 atom stereocenters. The Balaban J connectivity index is 2.50. The van der Waals surface area contributed by atoms with Crippen molar-refractivity contribution in [3.05, 3.63) is 48.3 Å². The van der Waals surface area contributed by atoms with Gasteiger partial charge in [0.25, 0.3) is 0 Å². The summed E-state index contributed by atoms with van der Waals surface area (Å²) in [6.45, 7) is 7.87. The third-order valence-electron chi connectivity index (χ3n) is 2.85. The van der Waals surface area contributed by atoms with Gasteiger partial charge in [-0.3, -0.25) is 4.98 Å². The van der Waals surface area contributed by atoms with Gasteiger partial charge in [-0.2, -0.15) is 15.0 Å². The molecule has 2 aromatic heterocycles. The minimum atomic E-state index is -1.01. The van der Waals surface area contributed by atoms with E-state index >= 15 is 0 Å². The molecule has 132 valence electrons. The third kappa shape index (κ3) is 5.00. The highest BCUT2D eigenvalue weighted by molar-refractivity contribution is 5.74. The first-order chi connectivity index (χ1) is 11.8. The molecule has 0 radical (unpaired) electrons. The first-order valence-corrected chi connectivity index (χ1v) is 7.38. The molecule has 0 bridgehead atoms. The van der Waals surface area contributed by atoms with Gasteiger partial charge >= 0.3 is 0 Å². The van der Waals surface area contributed by atoms with Crippen molar-refractivity contribution in [1.82, 2.24) is 19.9 Å². The molecule has 2 heterocycles. The summed E-state index contributed by atoms with van der Waals surface area (Å²) in [5.41, 5.74) is -0.191. The predicted molar refractivity (Wildman–Crippen MR) is 90.0 cm³/mol. The molecule has 0 unspecified atom stereocenters. The molecule has 0 amide bonds. The van der Waals surface area contributed by atoms with Gasteiger partial charge in [0.05, 0.1) is 23.7 Å².